The molecule has 0 saturated heterocycles. The van der Waals surface area contributed by atoms with Crippen LogP contribution in [0.2, 0.25) is 0 Å². The van der Waals surface area contributed by atoms with Crippen molar-refractivity contribution in [2.24, 2.45) is 11.5 Å². The van der Waals surface area contributed by atoms with Crippen molar-refractivity contribution in [3.63, 3.8) is 0 Å². The number of rotatable bonds is 4. The van der Waals surface area contributed by atoms with E-state index in [1.165, 1.54) is 0 Å². The van der Waals surface area contributed by atoms with Gasteiger partial charge in [-0.05, 0) is 0 Å². The summed E-state index contributed by atoms with van der Waals surface area (Å²) in [6.45, 7) is 0. The van der Waals surface area contributed by atoms with Crippen LogP contribution < -0.4 is 11.5 Å². The Kier molecular flexibility index (Phi) is 3.46. The lowest BCUT2D eigenvalue weighted by molar-refractivity contribution is -0.139. The fourth-order valence-corrected chi connectivity index (χ4v) is 0.440. The molecule has 1 amide bonds. The second-order valence-electron chi connectivity index (χ2n) is 2.05. The van der Waals surface area contributed by atoms with E-state index >= 15 is 0 Å². The number of carboxylic acid groups (broad SMARTS) is 1. The number of halogens is 1. The predicted molar refractivity (Wildman–Crippen MR) is 34.3 cm³/mol. The number of carboxylic acids is 1. The van der Waals surface area contributed by atoms with E-state index in [1.54, 1.807) is 0 Å². The minimum Gasteiger partial charge on any atom is -0.480 e. The highest BCUT2D eigenvalue weighted by atomic mass is 18.2. The topological polar surface area (TPSA) is 106 Å². The van der Waals surface area contributed by atoms with Crippen LogP contribution >= 0.6 is 0 Å². The molecule has 5 nitrogen and oxygen atoms in total. The number of hydrogen-bond acceptors (Lipinski definition) is 3. The average molecular weight is 163 g/mol. The smallest absolute Gasteiger partial charge is 0.320 e. The van der Waals surface area contributed by atoms with Crippen LogP contribution in [0.15, 0.2) is 0 Å². The highest BCUT2D eigenvalue weighted by molar-refractivity contribution is 5.80. The Hall–Kier alpha value is -1.17. The van der Waals surface area contributed by atoms with Crippen molar-refractivity contribution in [1.29, 1.82) is 0 Å². The van der Waals surface area contributed by atoms with Gasteiger partial charge >= 0.3 is 5.97 Å². The van der Waals surface area contributed by atoms with Crippen molar-refractivity contribution in [2.45, 2.75) is 18.6 Å². The normalized spacial score (nSPS) is 15.5. The van der Waals surface area contributed by atoms with Gasteiger partial charge in [0.25, 0.3) is 5.91 Å². The van der Waals surface area contributed by atoms with Crippen LogP contribution in [0.1, 0.15) is 6.42 Å². The van der Waals surface area contributed by atoms with E-state index < -0.39 is 30.5 Å². The van der Waals surface area contributed by atoms with Crippen molar-refractivity contribution >= 4 is 11.9 Å². The molecule has 0 saturated carbocycles. The Labute approximate surface area is 62.2 Å². The Morgan fingerprint density at radius 2 is 2.00 bits per heavy atom. The van der Waals surface area contributed by atoms with E-state index in [9.17, 15) is 14.0 Å². The summed E-state index contributed by atoms with van der Waals surface area (Å²) < 4.78 is 12.3. The van der Waals surface area contributed by atoms with Crippen LogP contribution in [0.25, 0.3) is 0 Å². The lowest BCUT2D eigenvalue weighted by Gasteiger charge is -2.06. The average Bonchev–Trinajstić information content (AvgIpc) is 1.87. The third-order valence-corrected chi connectivity index (χ3v) is 1.09. The molecule has 0 rings (SSSR count). The summed E-state index contributed by atoms with van der Waals surface area (Å²) in [5, 5.41) is 8.17. The summed E-state index contributed by atoms with van der Waals surface area (Å²) >= 11 is 0. The maximum Gasteiger partial charge on any atom is 0.320 e. The molecule has 1 unspecified atom stereocenters. The summed E-state index contributed by atoms with van der Waals surface area (Å²) in [4.78, 5) is 20.1. The van der Waals surface area contributed by atoms with E-state index in [0.717, 1.165) is 0 Å². The first-order chi connectivity index (χ1) is 4.95. The monoisotopic (exact) mass is 163 g/mol. The highest BCUT2D eigenvalue weighted by Gasteiger charge is 2.21. The Balaban J connectivity index is 3.84. The molecule has 0 aliphatic carbocycles. The van der Waals surface area contributed by atoms with Crippen molar-refractivity contribution < 1.29 is 19.1 Å². The minimum absolute atomic E-state index is 0.579. The van der Waals surface area contributed by atoms with E-state index in [0.29, 0.717) is 0 Å². The Bertz CT molecular complexity index is 155. The highest BCUT2D eigenvalue weighted by Crippen LogP contribution is 1.99. The van der Waals surface area contributed by atoms with Gasteiger partial charge in [0.05, 0.1) is 0 Å². The molecule has 11 heavy (non-hydrogen) atoms. The molecule has 6 heteroatoms. The number of carbonyl (C=O) groups is 2. The summed E-state index contributed by atoms with van der Waals surface area (Å²) in [7, 11) is 0. The number of carbonyl (C=O) groups excluding carboxylic acids is 1. The summed E-state index contributed by atoms with van der Waals surface area (Å²) in [6.07, 6.45) is -2.56. The van der Waals surface area contributed by atoms with Gasteiger partial charge < -0.3 is 16.6 Å². The zero-order valence-electron chi connectivity index (χ0n) is 5.66. The van der Waals surface area contributed by atoms with Crippen LogP contribution in [-0.2, 0) is 9.59 Å². The summed E-state index contributed by atoms with van der Waals surface area (Å²) in [5.74, 6) is -2.55. The molecule has 0 aromatic heterocycles. The zero-order chi connectivity index (χ0) is 9.02. The van der Waals surface area contributed by atoms with Crippen molar-refractivity contribution in [2.75, 3.05) is 0 Å². The molecule has 0 aromatic rings. The number of aliphatic carboxylic acids is 1. The van der Waals surface area contributed by atoms with Gasteiger partial charge in [0.2, 0.25) is 0 Å². The largest absolute Gasteiger partial charge is 0.480 e. The Morgan fingerprint density at radius 3 is 2.27 bits per heavy atom. The fourth-order valence-electron chi connectivity index (χ4n) is 0.440. The third kappa shape index (κ3) is 3.51. The quantitative estimate of drug-likeness (QED) is 0.474. The van der Waals surface area contributed by atoms with Crippen molar-refractivity contribution in [3.8, 4) is 0 Å². The van der Waals surface area contributed by atoms with Gasteiger partial charge in [-0.15, -0.1) is 0 Å². The minimum atomic E-state index is -1.99. The number of primary amides is 1. The summed E-state index contributed by atoms with van der Waals surface area (Å²) in [6, 6.07) is -1.38. The van der Waals surface area contributed by atoms with Gasteiger partial charge in [0.15, 0.2) is 6.17 Å². The molecule has 5 N–H and O–H groups in total. The second kappa shape index (κ2) is 3.87. The molecule has 0 radical (unpaired) electrons. The van der Waals surface area contributed by atoms with Crippen LogP contribution in [0.5, 0.6) is 0 Å². The first-order valence-electron chi connectivity index (χ1n) is 2.87. The zero-order valence-corrected chi connectivity index (χ0v) is 5.66. The molecule has 0 spiro atoms. The molecule has 0 aliphatic rings. The molecule has 64 valence electrons. The predicted octanol–water partition coefficient (Wildman–Crippen LogP) is -1.39. The maximum absolute atomic E-state index is 12.3. The summed E-state index contributed by atoms with van der Waals surface area (Å²) in [5.41, 5.74) is 9.43. The van der Waals surface area contributed by atoms with Gasteiger partial charge in [-0.3, -0.25) is 9.59 Å². The Morgan fingerprint density at radius 1 is 1.55 bits per heavy atom. The standard InChI is InChI=1S/C5H9FN2O3/c6-2(4(8)9)1-3(7)5(10)11/h2-3H,1,7H2,(H2,8,9)(H,10,11)/t2?,3-/m0/s1/i6-1. The SMILES string of the molecule is NC(=O)C([18F])C[C@H](N)C(=O)O. The molecule has 0 fully saturated rings. The van der Waals surface area contributed by atoms with Crippen LogP contribution in [0.4, 0.5) is 4.39 Å². The molecule has 2 atom stereocenters. The molecular formula is C5H9FN2O3. The molecule has 0 aromatic carbocycles. The molecule has 0 aliphatic heterocycles. The number of nitrogens with two attached hydrogens (primary N) is 2. The van der Waals surface area contributed by atoms with Gasteiger partial charge in [0, 0.05) is 6.42 Å². The third-order valence-electron chi connectivity index (χ3n) is 1.09. The molecule has 0 heterocycles. The lowest BCUT2D eigenvalue weighted by Crippen LogP contribution is -2.37. The molecule has 0 bridgehead atoms. The van der Waals surface area contributed by atoms with Crippen LogP contribution in [0.3, 0.4) is 0 Å². The van der Waals surface area contributed by atoms with Gasteiger partial charge in [-0.25, -0.2) is 4.39 Å². The maximum atomic E-state index is 12.3. The lowest BCUT2D eigenvalue weighted by atomic mass is 10.1. The van der Waals surface area contributed by atoms with Crippen LogP contribution in [0, 0.1) is 0 Å². The molecular weight excluding hydrogens is 154 g/mol. The van der Waals surface area contributed by atoms with E-state index in [4.69, 9.17) is 10.8 Å². The van der Waals surface area contributed by atoms with E-state index in [-0.39, 0.29) is 0 Å². The van der Waals surface area contributed by atoms with Crippen molar-refractivity contribution in [3.05, 3.63) is 0 Å². The van der Waals surface area contributed by atoms with Gasteiger partial charge in [-0.2, -0.15) is 0 Å². The first-order valence-corrected chi connectivity index (χ1v) is 2.87. The van der Waals surface area contributed by atoms with Gasteiger partial charge in [-0.1, -0.05) is 0 Å². The second-order valence-corrected chi connectivity index (χ2v) is 2.05. The van der Waals surface area contributed by atoms with E-state index in [1.807, 2.05) is 0 Å². The number of hydrogen-bond donors (Lipinski definition) is 3. The number of amides is 1. The van der Waals surface area contributed by atoms with Crippen molar-refractivity contribution in [1.82, 2.24) is 0 Å². The van der Waals surface area contributed by atoms with Crippen LogP contribution in [-0.4, -0.2) is 29.2 Å². The number of alkyl halides is 1. The first kappa shape index (κ1) is 9.83. The van der Waals surface area contributed by atoms with Gasteiger partial charge in [0.1, 0.15) is 6.04 Å². The fraction of sp³-hybridized carbons (Fsp3) is 0.600. The van der Waals surface area contributed by atoms with E-state index in [2.05, 4.69) is 5.73 Å².